The van der Waals surface area contributed by atoms with Crippen LogP contribution in [0.4, 0.5) is 4.39 Å². The molecule has 0 unspecified atom stereocenters. The van der Waals surface area contributed by atoms with Gasteiger partial charge >= 0.3 is 0 Å². The van der Waals surface area contributed by atoms with Crippen LogP contribution < -0.4 is 4.74 Å². The van der Waals surface area contributed by atoms with E-state index in [2.05, 4.69) is 0 Å². The monoisotopic (exact) mass is 254 g/mol. The summed E-state index contributed by atoms with van der Waals surface area (Å²) in [6.07, 6.45) is 7.83. The van der Waals surface area contributed by atoms with Crippen molar-refractivity contribution in [3.63, 3.8) is 0 Å². The lowest BCUT2D eigenvalue weighted by Gasteiger charge is -2.06. The molecule has 0 aliphatic heterocycles. The highest BCUT2D eigenvalue weighted by Gasteiger charge is 1.96. The third-order valence-electron chi connectivity index (χ3n) is 2.87. The molecule has 0 saturated carbocycles. The van der Waals surface area contributed by atoms with Gasteiger partial charge in [0.25, 0.3) is 0 Å². The van der Waals surface area contributed by atoms with Gasteiger partial charge in [0.05, 0.1) is 6.61 Å². The first-order valence-corrected chi connectivity index (χ1v) is 6.82. The molecule has 0 bridgehead atoms. The first-order valence-electron chi connectivity index (χ1n) is 6.82. The molecule has 0 aromatic heterocycles. The third kappa shape index (κ3) is 7.28. The van der Waals surface area contributed by atoms with Gasteiger partial charge in [-0.15, -0.1) is 0 Å². The van der Waals surface area contributed by atoms with E-state index in [4.69, 9.17) is 9.84 Å². The minimum Gasteiger partial charge on any atom is -0.493 e. The summed E-state index contributed by atoms with van der Waals surface area (Å²) in [4.78, 5) is 0. The van der Waals surface area contributed by atoms with Crippen molar-refractivity contribution in [2.24, 2.45) is 0 Å². The second kappa shape index (κ2) is 9.89. The topological polar surface area (TPSA) is 29.5 Å². The Bertz CT molecular complexity index is 315. The number of ether oxygens (including phenoxy) is 1. The van der Waals surface area contributed by atoms with Crippen molar-refractivity contribution in [3.8, 4) is 5.75 Å². The molecule has 0 heterocycles. The number of aliphatic hydroxyl groups excluding tert-OH is 1. The Hall–Kier alpha value is -1.09. The van der Waals surface area contributed by atoms with E-state index in [1.807, 2.05) is 0 Å². The zero-order valence-electron chi connectivity index (χ0n) is 10.9. The highest BCUT2D eigenvalue weighted by molar-refractivity contribution is 5.22. The molecule has 0 fully saturated rings. The quantitative estimate of drug-likeness (QED) is 0.641. The van der Waals surface area contributed by atoms with Crippen molar-refractivity contribution in [1.82, 2.24) is 0 Å². The third-order valence-corrected chi connectivity index (χ3v) is 2.87. The number of aliphatic hydroxyl groups is 1. The van der Waals surface area contributed by atoms with E-state index in [1.165, 1.54) is 31.4 Å². The zero-order valence-corrected chi connectivity index (χ0v) is 10.9. The van der Waals surface area contributed by atoms with Gasteiger partial charge in [-0.25, -0.2) is 4.39 Å². The molecule has 0 saturated heterocycles. The summed E-state index contributed by atoms with van der Waals surface area (Å²) in [6.45, 7) is 0.960. The number of rotatable bonds is 10. The average molecular weight is 254 g/mol. The van der Waals surface area contributed by atoms with Crippen molar-refractivity contribution in [1.29, 1.82) is 0 Å². The zero-order chi connectivity index (χ0) is 13.1. The fourth-order valence-electron chi connectivity index (χ4n) is 1.84. The van der Waals surface area contributed by atoms with Crippen molar-refractivity contribution in [2.45, 2.75) is 44.9 Å². The maximum Gasteiger partial charge on any atom is 0.126 e. The van der Waals surface area contributed by atoms with Crippen LogP contribution >= 0.6 is 0 Å². The molecule has 1 N–H and O–H groups in total. The number of benzene rings is 1. The lowest BCUT2D eigenvalue weighted by molar-refractivity contribution is 0.281. The predicted molar refractivity (Wildman–Crippen MR) is 71.3 cm³/mol. The normalized spacial score (nSPS) is 10.6. The summed E-state index contributed by atoms with van der Waals surface area (Å²) in [6, 6.07) is 6.26. The van der Waals surface area contributed by atoms with Crippen LogP contribution in [-0.4, -0.2) is 18.3 Å². The van der Waals surface area contributed by atoms with E-state index >= 15 is 0 Å². The highest BCUT2D eigenvalue weighted by Crippen LogP contribution is 2.13. The molecule has 0 atom stereocenters. The second-order valence-electron chi connectivity index (χ2n) is 4.50. The van der Waals surface area contributed by atoms with Crippen LogP contribution in [0.2, 0.25) is 0 Å². The maximum atomic E-state index is 12.8. The summed E-state index contributed by atoms with van der Waals surface area (Å²) >= 11 is 0. The molecule has 1 aromatic rings. The molecule has 0 aliphatic carbocycles. The van der Waals surface area contributed by atoms with Crippen molar-refractivity contribution in [2.75, 3.05) is 13.2 Å². The smallest absolute Gasteiger partial charge is 0.126 e. The Morgan fingerprint density at radius 2 is 1.61 bits per heavy atom. The van der Waals surface area contributed by atoms with Gasteiger partial charge in [0.1, 0.15) is 11.6 Å². The first-order chi connectivity index (χ1) is 8.83. The fourth-order valence-corrected chi connectivity index (χ4v) is 1.84. The molecule has 0 radical (unpaired) electrons. The summed E-state index contributed by atoms with van der Waals surface area (Å²) in [5.41, 5.74) is 0. The minimum atomic E-state index is -0.253. The average Bonchev–Trinajstić information content (AvgIpc) is 2.37. The summed E-state index contributed by atoms with van der Waals surface area (Å²) < 4.78 is 18.3. The van der Waals surface area contributed by atoms with Gasteiger partial charge in [-0.3, -0.25) is 0 Å². The van der Waals surface area contributed by atoms with Crippen LogP contribution in [0.1, 0.15) is 44.9 Å². The van der Waals surface area contributed by atoms with Gasteiger partial charge in [0.2, 0.25) is 0 Å². The molecular weight excluding hydrogens is 231 g/mol. The van der Waals surface area contributed by atoms with Gasteiger partial charge < -0.3 is 9.84 Å². The van der Waals surface area contributed by atoms with Gasteiger partial charge in [0.15, 0.2) is 0 Å². The van der Waals surface area contributed by atoms with Crippen LogP contribution in [0.15, 0.2) is 24.3 Å². The molecule has 2 nitrogen and oxygen atoms in total. The number of unbranched alkanes of at least 4 members (excludes halogenated alkanes) is 6. The molecule has 102 valence electrons. The highest BCUT2D eigenvalue weighted by atomic mass is 19.1. The van der Waals surface area contributed by atoms with Crippen molar-refractivity contribution in [3.05, 3.63) is 30.1 Å². The van der Waals surface area contributed by atoms with Crippen molar-refractivity contribution < 1.29 is 14.2 Å². The Balaban J connectivity index is 1.92. The van der Waals surface area contributed by atoms with E-state index in [9.17, 15) is 4.39 Å². The summed E-state index contributed by atoms with van der Waals surface area (Å²) in [5, 5.41) is 8.62. The first kappa shape index (κ1) is 15.0. The lowest BCUT2D eigenvalue weighted by Crippen LogP contribution is -1.97. The van der Waals surface area contributed by atoms with Crippen LogP contribution in [0.25, 0.3) is 0 Å². The van der Waals surface area contributed by atoms with E-state index in [0.717, 1.165) is 25.7 Å². The molecular formula is C15H23FO2. The Morgan fingerprint density at radius 3 is 2.28 bits per heavy atom. The lowest BCUT2D eigenvalue weighted by atomic mass is 10.1. The largest absolute Gasteiger partial charge is 0.493 e. The fraction of sp³-hybridized carbons (Fsp3) is 0.600. The number of halogens is 1. The van der Waals surface area contributed by atoms with Crippen LogP contribution in [0.5, 0.6) is 5.75 Å². The number of hydrogen-bond acceptors (Lipinski definition) is 2. The van der Waals surface area contributed by atoms with Crippen molar-refractivity contribution >= 4 is 0 Å². The van der Waals surface area contributed by atoms with Gasteiger partial charge in [-0.1, -0.05) is 38.2 Å². The molecule has 0 spiro atoms. The molecule has 0 amide bonds. The Morgan fingerprint density at radius 1 is 0.944 bits per heavy atom. The van der Waals surface area contributed by atoms with Gasteiger partial charge in [0, 0.05) is 12.7 Å². The van der Waals surface area contributed by atoms with E-state index in [-0.39, 0.29) is 5.82 Å². The van der Waals surface area contributed by atoms with E-state index < -0.39 is 0 Å². The molecule has 1 rings (SSSR count). The molecule has 0 aliphatic rings. The van der Waals surface area contributed by atoms with Crippen LogP contribution in [-0.2, 0) is 0 Å². The SMILES string of the molecule is OCCCCCCCCCOc1cccc(F)c1. The number of hydrogen-bond donors (Lipinski definition) is 1. The molecule has 1 aromatic carbocycles. The molecule has 3 heteroatoms. The van der Waals surface area contributed by atoms with E-state index in [0.29, 0.717) is 19.0 Å². The summed E-state index contributed by atoms with van der Waals surface area (Å²) in [7, 11) is 0. The Labute approximate surface area is 109 Å². The maximum absolute atomic E-state index is 12.8. The van der Waals surface area contributed by atoms with Gasteiger partial charge in [-0.2, -0.15) is 0 Å². The molecule has 18 heavy (non-hydrogen) atoms. The summed E-state index contributed by atoms with van der Waals surface area (Å²) in [5.74, 6) is 0.356. The van der Waals surface area contributed by atoms with Gasteiger partial charge in [-0.05, 0) is 25.0 Å². The minimum absolute atomic E-state index is 0.253. The standard InChI is InChI=1S/C15H23FO2/c16-14-9-8-10-15(13-14)18-12-7-5-3-1-2-4-6-11-17/h8-10,13,17H,1-7,11-12H2. The van der Waals surface area contributed by atoms with E-state index in [1.54, 1.807) is 12.1 Å². The van der Waals surface area contributed by atoms with Crippen LogP contribution in [0.3, 0.4) is 0 Å². The predicted octanol–water partition coefficient (Wildman–Crippen LogP) is 3.93. The van der Waals surface area contributed by atoms with Crippen LogP contribution in [0, 0.1) is 5.82 Å². The Kier molecular flexibility index (Phi) is 8.23. The second-order valence-corrected chi connectivity index (χ2v) is 4.50.